The van der Waals surface area contributed by atoms with Gasteiger partial charge >= 0.3 is 5.97 Å². The van der Waals surface area contributed by atoms with Gasteiger partial charge in [-0.3, -0.25) is 0 Å². The van der Waals surface area contributed by atoms with Crippen LogP contribution in [0.15, 0.2) is 0 Å². The van der Waals surface area contributed by atoms with Crippen molar-refractivity contribution in [3.63, 3.8) is 0 Å². The van der Waals surface area contributed by atoms with E-state index in [2.05, 4.69) is 21.6 Å². The Bertz CT molecular complexity index is 464. The summed E-state index contributed by atoms with van der Waals surface area (Å²) in [6.45, 7) is 7.24. The molecule has 0 spiro atoms. The number of aryl methyl sites for hydroxylation is 1. The van der Waals surface area contributed by atoms with Crippen molar-refractivity contribution in [2.45, 2.75) is 20.0 Å². The highest BCUT2D eigenvalue weighted by Crippen LogP contribution is 2.25. The quantitative estimate of drug-likeness (QED) is 0.829. The SMILES string of the molecule is CCOC(=O)c1c(C)nsc1NCC1CN(C)CCO1. The standard InChI is InChI=1S/C13H21N3O3S/c1-4-18-13(17)11-9(2)15-20-12(11)14-7-10-8-16(3)5-6-19-10/h10,14H,4-8H2,1-3H3. The zero-order chi connectivity index (χ0) is 14.5. The van der Waals surface area contributed by atoms with E-state index in [0.717, 1.165) is 24.7 Å². The summed E-state index contributed by atoms with van der Waals surface area (Å²) >= 11 is 1.29. The first-order chi connectivity index (χ1) is 9.61. The second-order valence-corrected chi connectivity index (χ2v) is 5.60. The van der Waals surface area contributed by atoms with Crippen molar-refractivity contribution in [1.82, 2.24) is 9.27 Å². The summed E-state index contributed by atoms with van der Waals surface area (Å²) in [5.41, 5.74) is 1.25. The number of hydrogen-bond donors (Lipinski definition) is 1. The average molecular weight is 299 g/mol. The number of rotatable bonds is 5. The first-order valence-electron chi connectivity index (χ1n) is 6.79. The van der Waals surface area contributed by atoms with Gasteiger partial charge in [0.15, 0.2) is 0 Å². The molecule has 7 heteroatoms. The molecule has 1 unspecified atom stereocenters. The van der Waals surface area contributed by atoms with Crippen LogP contribution in [0.4, 0.5) is 5.00 Å². The zero-order valence-electron chi connectivity index (χ0n) is 12.1. The van der Waals surface area contributed by atoms with Crippen LogP contribution in [0.1, 0.15) is 23.0 Å². The second-order valence-electron chi connectivity index (χ2n) is 4.83. The Hall–Kier alpha value is -1.18. The Kier molecular flexibility index (Phi) is 5.33. The first kappa shape index (κ1) is 15.2. The maximum atomic E-state index is 11.9. The minimum atomic E-state index is -0.317. The van der Waals surface area contributed by atoms with Crippen molar-refractivity contribution in [3.05, 3.63) is 11.3 Å². The Morgan fingerprint density at radius 3 is 3.15 bits per heavy atom. The van der Waals surface area contributed by atoms with Crippen molar-refractivity contribution in [2.24, 2.45) is 0 Å². The largest absolute Gasteiger partial charge is 0.462 e. The van der Waals surface area contributed by atoms with E-state index < -0.39 is 0 Å². The molecule has 20 heavy (non-hydrogen) atoms. The van der Waals surface area contributed by atoms with Crippen LogP contribution in [0.3, 0.4) is 0 Å². The van der Waals surface area contributed by atoms with Gasteiger partial charge in [-0.05, 0) is 32.4 Å². The summed E-state index contributed by atoms with van der Waals surface area (Å²) in [5.74, 6) is -0.317. The predicted octanol–water partition coefficient (Wildman–Crippen LogP) is 1.37. The number of likely N-dealkylation sites (N-methyl/N-ethyl adjacent to an activating group) is 1. The highest BCUT2D eigenvalue weighted by Gasteiger charge is 2.22. The molecule has 1 fully saturated rings. The number of ether oxygens (including phenoxy) is 2. The number of morpholine rings is 1. The molecule has 0 amide bonds. The molecule has 1 atom stereocenters. The summed E-state index contributed by atoms with van der Waals surface area (Å²) < 4.78 is 15.0. The average Bonchev–Trinajstić information content (AvgIpc) is 2.78. The van der Waals surface area contributed by atoms with Gasteiger partial charge in [-0.15, -0.1) is 0 Å². The molecule has 1 aliphatic heterocycles. The van der Waals surface area contributed by atoms with Gasteiger partial charge in [0.25, 0.3) is 0 Å². The van der Waals surface area contributed by atoms with Gasteiger partial charge < -0.3 is 19.7 Å². The number of carbonyl (C=O) groups is 1. The summed E-state index contributed by atoms with van der Waals surface area (Å²) in [6.07, 6.45) is 0.131. The summed E-state index contributed by atoms with van der Waals surface area (Å²) in [7, 11) is 2.08. The number of nitrogens with one attached hydrogen (secondary N) is 1. The van der Waals surface area contributed by atoms with Gasteiger partial charge in [0, 0.05) is 19.6 Å². The van der Waals surface area contributed by atoms with Gasteiger partial charge in [-0.2, -0.15) is 4.37 Å². The summed E-state index contributed by atoms with van der Waals surface area (Å²) in [5, 5.41) is 4.03. The van der Waals surface area contributed by atoms with Crippen molar-refractivity contribution in [1.29, 1.82) is 0 Å². The van der Waals surface area contributed by atoms with Crippen LogP contribution in [0.25, 0.3) is 0 Å². The van der Waals surface area contributed by atoms with Gasteiger partial charge in [-0.1, -0.05) is 0 Å². The van der Waals surface area contributed by atoms with E-state index >= 15 is 0 Å². The third kappa shape index (κ3) is 3.68. The van der Waals surface area contributed by atoms with E-state index in [1.54, 1.807) is 6.92 Å². The molecule has 1 N–H and O–H groups in total. The number of hydrogen-bond acceptors (Lipinski definition) is 7. The molecule has 1 saturated heterocycles. The fourth-order valence-corrected chi connectivity index (χ4v) is 2.92. The molecule has 1 aliphatic rings. The smallest absolute Gasteiger partial charge is 0.343 e. The molecular formula is C13H21N3O3S. The van der Waals surface area contributed by atoms with E-state index in [1.807, 2.05) is 6.92 Å². The predicted molar refractivity (Wildman–Crippen MR) is 78.5 cm³/mol. The van der Waals surface area contributed by atoms with Crippen molar-refractivity contribution < 1.29 is 14.3 Å². The highest BCUT2D eigenvalue weighted by atomic mass is 32.1. The lowest BCUT2D eigenvalue weighted by molar-refractivity contribution is -0.0117. The normalized spacial score (nSPS) is 19.9. The topological polar surface area (TPSA) is 63.7 Å². The van der Waals surface area contributed by atoms with Gasteiger partial charge in [0.05, 0.1) is 25.0 Å². The Labute approximate surface area is 123 Å². The zero-order valence-corrected chi connectivity index (χ0v) is 13.0. The Morgan fingerprint density at radius 2 is 2.45 bits per heavy atom. The van der Waals surface area contributed by atoms with E-state index in [9.17, 15) is 4.79 Å². The summed E-state index contributed by atoms with van der Waals surface area (Å²) in [6, 6.07) is 0. The molecule has 1 aromatic heterocycles. The molecule has 2 rings (SSSR count). The van der Waals surface area contributed by atoms with E-state index in [1.165, 1.54) is 11.5 Å². The van der Waals surface area contributed by atoms with E-state index in [-0.39, 0.29) is 12.1 Å². The highest BCUT2D eigenvalue weighted by molar-refractivity contribution is 7.10. The molecule has 112 valence electrons. The summed E-state index contributed by atoms with van der Waals surface area (Å²) in [4.78, 5) is 14.2. The van der Waals surface area contributed by atoms with Gasteiger partial charge in [0.2, 0.25) is 0 Å². The second kappa shape index (κ2) is 7.01. The first-order valence-corrected chi connectivity index (χ1v) is 7.56. The minimum Gasteiger partial charge on any atom is -0.462 e. The molecule has 6 nitrogen and oxygen atoms in total. The van der Waals surface area contributed by atoms with Crippen LogP contribution in [0.2, 0.25) is 0 Å². The number of anilines is 1. The van der Waals surface area contributed by atoms with E-state index in [4.69, 9.17) is 9.47 Å². The van der Waals surface area contributed by atoms with Crippen molar-refractivity contribution in [2.75, 3.05) is 45.2 Å². The van der Waals surface area contributed by atoms with Crippen LogP contribution in [0, 0.1) is 6.92 Å². The molecule has 0 bridgehead atoms. The molecule has 2 heterocycles. The number of esters is 1. The van der Waals surface area contributed by atoms with Crippen LogP contribution in [-0.2, 0) is 9.47 Å². The van der Waals surface area contributed by atoms with Crippen LogP contribution < -0.4 is 5.32 Å². The molecule has 1 aromatic rings. The minimum absolute atomic E-state index is 0.131. The molecular weight excluding hydrogens is 278 g/mol. The maximum absolute atomic E-state index is 11.9. The molecule has 0 aliphatic carbocycles. The number of nitrogens with zero attached hydrogens (tertiary/aromatic N) is 2. The van der Waals surface area contributed by atoms with Gasteiger partial charge in [-0.25, -0.2) is 4.79 Å². The van der Waals surface area contributed by atoms with E-state index in [0.29, 0.717) is 24.4 Å². The lowest BCUT2D eigenvalue weighted by Gasteiger charge is -2.30. The van der Waals surface area contributed by atoms with Crippen LogP contribution in [-0.4, -0.2) is 61.2 Å². The third-order valence-electron chi connectivity index (χ3n) is 3.17. The third-order valence-corrected chi connectivity index (χ3v) is 4.07. The Morgan fingerprint density at radius 1 is 1.65 bits per heavy atom. The maximum Gasteiger partial charge on any atom is 0.343 e. The number of aromatic nitrogens is 1. The lowest BCUT2D eigenvalue weighted by Crippen LogP contribution is -2.43. The fraction of sp³-hybridized carbons (Fsp3) is 0.692. The van der Waals surface area contributed by atoms with Crippen LogP contribution >= 0.6 is 11.5 Å². The number of carbonyl (C=O) groups excluding carboxylic acids is 1. The fourth-order valence-electron chi connectivity index (χ4n) is 2.13. The molecule has 0 aromatic carbocycles. The molecule has 0 radical (unpaired) electrons. The van der Waals surface area contributed by atoms with Crippen molar-refractivity contribution >= 4 is 22.5 Å². The Balaban J connectivity index is 1.97. The lowest BCUT2D eigenvalue weighted by atomic mass is 10.2. The van der Waals surface area contributed by atoms with Crippen LogP contribution in [0.5, 0.6) is 0 Å². The van der Waals surface area contributed by atoms with Crippen molar-refractivity contribution in [3.8, 4) is 0 Å². The molecule has 0 saturated carbocycles. The van der Waals surface area contributed by atoms with Gasteiger partial charge in [0.1, 0.15) is 10.6 Å². The monoisotopic (exact) mass is 299 g/mol.